The van der Waals surface area contributed by atoms with Crippen molar-refractivity contribution >= 4 is 0 Å². The van der Waals surface area contributed by atoms with E-state index in [1.54, 1.807) is 0 Å². The van der Waals surface area contributed by atoms with Gasteiger partial charge in [0, 0.05) is 31.6 Å². The molecule has 2 N–H and O–H groups in total. The number of likely N-dealkylation sites (tertiary alicyclic amines) is 1. The van der Waals surface area contributed by atoms with Gasteiger partial charge in [-0.2, -0.15) is 0 Å². The van der Waals surface area contributed by atoms with E-state index >= 15 is 0 Å². The summed E-state index contributed by atoms with van der Waals surface area (Å²) in [6.45, 7) is 4.10. The molecule has 3 heteroatoms. The van der Waals surface area contributed by atoms with Gasteiger partial charge in [-0.25, -0.2) is 0 Å². The molecule has 2 aliphatic rings. The maximum absolute atomic E-state index is 6.07. The number of hydrogen-bond acceptors (Lipinski definition) is 3. The van der Waals surface area contributed by atoms with Crippen molar-refractivity contribution in [2.24, 2.45) is 5.73 Å². The molecule has 19 heavy (non-hydrogen) atoms. The van der Waals surface area contributed by atoms with Crippen LogP contribution in [0.3, 0.4) is 0 Å². The highest BCUT2D eigenvalue weighted by molar-refractivity contribution is 5.37. The van der Waals surface area contributed by atoms with Crippen LogP contribution in [0.4, 0.5) is 0 Å². The summed E-state index contributed by atoms with van der Waals surface area (Å²) in [5, 5.41) is 0. The molecule has 1 aromatic carbocycles. The third-order valence-corrected chi connectivity index (χ3v) is 4.59. The molecule has 1 saturated heterocycles. The van der Waals surface area contributed by atoms with Crippen molar-refractivity contribution in [3.63, 3.8) is 0 Å². The first kappa shape index (κ1) is 12.9. The largest absolute Gasteiger partial charge is 0.488 e. The molecule has 2 heterocycles. The van der Waals surface area contributed by atoms with E-state index in [0.717, 1.165) is 25.3 Å². The summed E-state index contributed by atoms with van der Waals surface area (Å²) in [6, 6.07) is 9.57. The number of rotatable bonds is 3. The van der Waals surface area contributed by atoms with Crippen LogP contribution in [0.5, 0.6) is 5.75 Å². The summed E-state index contributed by atoms with van der Waals surface area (Å²) >= 11 is 0. The fourth-order valence-corrected chi connectivity index (χ4v) is 3.51. The molecule has 0 aliphatic carbocycles. The molecule has 0 amide bonds. The smallest absolute Gasteiger partial charge is 0.123 e. The minimum Gasteiger partial charge on any atom is -0.488 e. The standard InChI is InChI=1S/C16H24N2O/c1-12-5-4-7-14(10-17)18(12)11-15-9-13-6-2-3-8-16(13)19-15/h2-3,6,8,12,14-15H,4-5,7,9-11,17H2,1H3. The van der Waals surface area contributed by atoms with Gasteiger partial charge in [-0.1, -0.05) is 24.6 Å². The molecule has 1 aromatic rings. The lowest BCUT2D eigenvalue weighted by atomic mass is 9.95. The van der Waals surface area contributed by atoms with E-state index in [2.05, 4.69) is 30.0 Å². The molecule has 3 rings (SSSR count). The molecule has 0 saturated carbocycles. The SMILES string of the molecule is CC1CCCC(CN)N1CC1Cc2ccccc2O1. The Kier molecular flexibility index (Phi) is 3.76. The van der Waals surface area contributed by atoms with E-state index in [0.29, 0.717) is 18.2 Å². The zero-order valence-corrected chi connectivity index (χ0v) is 11.7. The quantitative estimate of drug-likeness (QED) is 0.905. The van der Waals surface area contributed by atoms with E-state index in [-0.39, 0.29) is 0 Å². The summed E-state index contributed by atoms with van der Waals surface area (Å²) in [4.78, 5) is 2.57. The maximum Gasteiger partial charge on any atom is 0.123 e. The van der Waals surface area contributed by atoms with Crippen molar-refractivity contribution in [1.82, 2.24) is 4.90 Å². The second-order valence-electron chi connectivity index (χ2n) is 5.92. The molecule has 3 atom stereocenters. The molecule has 0 spiro atoms. The van der Waals surface area contributed by atoms with Crippen LogP contribution in [0.1, 0.15) is 31.7 Å². The predicted octanol–water partition coefficient (Wildman–Crippen LogP) is 2.19. The van der Waals surface area contributed by atoms with Crippen LogP contribution in [0, 0.1) is 0 Å². The minimum absolute atomic E-state index is 0.298. The molecule has 3 nitrogen and oxygen atoms in total. The first-order valence-corrected chi connectivity index (χ1v) is 7.48. The Labute approximate surface area is 115 Å². The number of piperidine rings is 1. The molecule has 3 unspecified atom stereocenters. The topological polar surface area (TPSA) is 38.5 Å². The second kappa shape index (κ2) is 5.51. The van der Waals surface area contributed by atoms with Crippen molar-refractivity contribution in [2.45, 2.75) is 50.8 Å². The van der Waals surface area contributed by atoms with Gasteiger partial charge in [0.05, 0.1) is 0 Å². The van der Waals surface area contributed by atoms with Crippen LogP contribution in [-0.2, 0) is 6.42 Å². The lowest BCUT2D eigenvalue weighted by Gasteiger charge is -2.41. The van der Waals surface area contributed by atoms with Crippen molar-refractivity contribution in [3.05, 3.63) is 29.8 Å². The Bertz CT molecular complexity index is 410. The Morgan fingerprint density at radius 1 is 1.32 bits per heavy atom. The summed E-state index contributed by atoms with van der Waals surface area (Å²) in [6.07, 6.45) is 5.17. The third-order valence-electron chi connectivity index (χ3n) is 4.59. The fourth-order valence-electron chi connectivity index (χ4n) is 3.51. The number of para-hydroxylation sites is 1. The van der Waals surface area contributed by atoms with Crippen molar-refractivity contribution < 1.29 is 4.74 Å². The zero-order chi connectivity index (χ0) is 13.2. The molecule has 0 aromatic heterocycles. The maximum atomic E-state index is 6.07. The van der Waals surface area contributed by atoms with Gasteiger partial charge in [0.15, 0.2) is 0 Å². The Morgan fingerprint density at radius 2 is 2.16 bits per heavy atom. The number of fused-ring (bicyclic) bond motifs is 1. The van der Waals surface area contributed by atoms with Gasteiger partial charge >= 0.3 is 0 Å². The molecule has 0 bridgehead atoms. The Balaban J connectivity index is 1.65. The second-order valence-corrected chi connectivity index (χ2v) is 5.92. The monoisotopic (exact) mass is 260 g/mol. The highest BCUT2D eigenvalue weighted by Gasteiger charge is 2.31. The highest BCUT2D eigenvalue weighted by atomic mass is 16.5. The van der Waals surface area contributed by atoms with Crippen molar-refractivity contribution in [1.29, 1.82) is 0 Å². The number of ether oxygens (including phenoxy) is 1. The first-order chi connectivity index (χ1) is 9.28. The number of nitrogens with zero attached hydrogens (tertiary/aromatic N) is 1. The number of nitrogens with two attached hydrogens (primary N) is 1. The predicted molar refractivity (Wildman–Crippen MR) is 77.4 cm³/mol. The number of hydrogen-bond donors (Lipinski definition) is 1. The summed E-state index contributed by atoms with van der Waals surface area (Å²) in [5.74, 6) is 1.07. The van der Waals surface area contributed by atoms with Crippen LogP contribution >= 0.6 is 0 Å². The first-order valence-electron chi connectivity index (χ1n) is 7.48. The minimum atomic E-state index is 0.298. The van der Waals surface area contributed by atoms with Crippen LogP contribution < -0.4 is 10.5 Å². The van der Waals surface area contributed by atoms with Gasteiger partial charge in [0.25, 0.3) is 0 Å². The summed E-state index contributed by atoms with van der Waals surface area (Å²) in [5.41, 5.74) is 7.28. The van der Waals surface area contributed by atoms with E-state index < -0.39 is 0 Å². The van der Waals surface area contributed by atoms with Gasteiger partial charge in [-0.15, -0.1) is 0 Å². The van der Waals surface area contributed by atoms with Crippen LogP contribution in [0.2, 0.25) is 0 Å². The van der Waals surface area contributed by atoms with E-state index in [9.17, 15) is 0 Å². The van der Waals surface area contributed by atoms with E-state index in [1.807, 2.05) is 6.07 Å². The van der Waals surface area contributed by atoms with Gasteiger partial charge in [-0.3, -0.25) is 4.90 Å². The molecule has 0 radical (unpaired) electrons. The molecule has 104 valence electrons. The zero-order valence-electron chi connectivity index (χ0n) is 11.7. The van der Waals surface area contributed by atoms with Crippen molar-refractivity contribution in [2.75, 3.05) is 13.1 Å². The lowest BCUT2D eigenvalue weighted by molar-refractivity contribution is 0.0551. The third kappa shape index (κ3) is 2.63. The summed E-state index contributed by atoms with van der Waals surface area (Å²) < 4.78 is 6.07. The van der Waals surface area contributed by atoms with Crippen LogP contribution in [0.25, 0.3) is 0 Å². The van der Waals surface area contributed by atoms with E-state index in [4.69, 9.17) is 10.5 Å². The van der Waals surface area contributed by atoms with Gasteiger partial charge in [-0.05, 0) is 31.4 Å². The average Bonchev–Trinajstić information content (AvgIpc) is 2.83. The average molecular weight is 260 g/mol. The molecule has 2 aliphatic heterocycles. The fraction of sp³-hybridized carbons (Fsp3) is 0.625. The van der Waals surface area contributed by atoms with Crippen LogP contribution in [0.15, 0.2) is 24.3 Å². The normalized spacial score (nSPS) is 30.9. The Morgan fingerprint density at radius 3 is 2.95 bits per heavy atom. The van der Waals surface area contributed by atoms with Crippen molar-refractivity contribution in [3.8, 4) is 5.75 Å². The number of benzene rings is 1. The lowest BCUT2D eigenvalue weighted by Crippen LogP contribution is -2.52. The molecular weight excluding hydrogens is 236 g/mol. The molecular formula is C16H24N2O. The van der Waals surface area contributed by atoms with Gasteiger partial charge < -0.3 is 10.5 Å². The van der Waals surface area contributed by atoms with Crippen LogP contribution in [-0.4, -0.2) is 36.2 Å². The highest BCUT2D eigenvalue weighted by Crippen LogP contribution is 2.30. The van der Waals surface area contributed by atoms with Gasteiger partial charge in [0.2, 0.25) is 0 Å². The summed E-state index contributed by atoms with van der Waals surface area (Å²) in [7, 11) is 0. The Hall–Kier alpha value is -1.06. The molecule has 1 fully saturated rings. The van der Waals surface area contributed by atoms with Gasteiger partial charge in [0.1, 0.15) is 11.9 Å². The van der Waals surface area contributed by atoms with E-state index in [1.165, 1.54) is 24.8 Å².